The average Bonchev–Trinajstić information content (AvgIpc) is 3.86. The Bertz CT molecular complexity index is 1910. The van der Waals surface area contributed by atoms with Gasteiger partial charge in [-0.3, -0.25) is 0 Å². The van der Waals surface area contributed by atoms with Crippen molar-refractivity contribution in [3.63, 3.8) is 0 Å². The summed E-state index contributed by atoms with van der Waals surface area (Å²) in [7, 11) is 0. The van der Waals surface area contributed by atoms with E-state index in [0.717, 1.165) is 22.3 Å². The molecule has 266 valence electrons. The fourth-order valence-electron chi connectivity index (χ4n) is 9.52. The highest BCUT2D eigenvalue weighted by Crippen LogP contribution is 2.51. The van der Waals surface area contributed by atoms with Crippen molar-refractivity contribution >= 4 is 29.1 Å². The predicted molar refractivity (Wildman–Crippen MR) is 203 cm³/mol. The summed E-state index contributed by atoms with van der Waals surface area (Å²) in [4.78, 5) is 34.8. The second kappa shape index (κ2) is 13.4. The monoisotopic (exact) mass is 696 g/mol. The normalized spacial score (nSPS) is 27.5. The lowest BCUT2D eigenvalue weighted by Crippen LogP contribution is -2.35. The van der Waals surface area contributed by atoms with Crippen molar-refractivity contribution in [1.82, 2.24) is 9.80 Å². The molecule has 4 amide bonds. The lowest BCUT2D eigenvalue weighted by atomic mass is 9.87. The number of anilines is 2. The molecule has 0 aromatic heterocycles. The number of aryl methyl sites for hydroxylation is 2. The number of rotatable bonds is 4. The van der Waals surface area contributed by atoms with Gasteiger partial charge in [-0.15, -0.1) is 0 Å². The zero-order valence-corrected chi connectivity index (χ0v) is 29.8. The molecule has 4 N–H and O–H groups in total. The van der Waals surface area contributed by atoms with Crippen LogP contribution in [-0.4, -0.2) is 58.3 Å². The van der Waals surface area contributed by atoms with Gasteiger partial charge >= 0.3 is 23.8 Å². The molecule has 4 aliphatic rings. The molecule has 9 nitrogen and oxygen atoms in total. The van der Waals surface area contributed by atoms with Gasteiger partial charge in [0.2, 0.25) is 0 Å². The van der Waals surface area contributed by atoms with Crippen molar-refractivity contribution in [2.75, 3.05) is 36.8 Å². The third kappa shape index (κ3) is 6.65. The highest BCUT2D eigenvalue weighted by atomic mass is 16.3. The number of carbonyl (C=O) groups excluding carboxylic acids is 2. The van der Waals surface area contributed by atoms with Crippen molar-refractivity contribution in [2.24, 2.45) is 23.7 Å². The first kappa shape index (κ1) is 33.9. The van der Waals surface area contributed by atoms with E-state index >= 15 is 0 Å². The van der Waals surface area contributed by atoms with E-state index in [1.165, 1.54) is 0 Å². The predicted octanol–water partition coefficient (Wildman–Crippen LogP) is 7.84. The maximum atomic E-state index is 13.3. The molecule has 0 radical (unpaired) electrons. The first-order valence-electron chi connectivity index (χ1n) is 18.4. The number of nitrogens with zero attached hydrogens (tertiary/aromatic N) is 3. The van der Waals surface area contributed by atoms with Crippen LogP contribution in [0.25, 0.3) is 4.85 Å². The third-order valence-electron chi connectivity index (χ3n) is 11.9. The summed E-state index contributed by atoms with van der Waals surface area (Å²) in [5, 5.41) is 29.0. The van der Waals surface area contributed by atoms with Gasteiger partial charge in [-0.25, -0.2) is 9.59 Å². The number of likely N-dealkylation sites (tertiary alicyclic amines) is 2. The molecule has 4 atom stereocenters. The van der Waals surface area contributed by atoms with Gasteiger partial charge in [-0.1, -0.05) is 60.7 Å². The SMILES string of the molecule is Cc1ccccc1C1(O)CC2CN(C(=O)Nc3cccc(C#[N+]c4cccc(NC(=O)N5CC6CC(O)(c7ccccc7C)CC6C5)c4)c3)CC2C1. The van der Waals surface area contributed by atoms with Gasteiger partial charge in [-0.2, -0.15) is 0 Å². The summed E-state index contributed by atoms with van der Waals surface area (Å²) in [5.41, 5.74) is 5.22. The van der Waals surface area contributed by atoms with Gasteiger partial charge < -0.3 is 30.6 Å². The minimum absolute atomic E-state index is 0.144. The molecule has 0 bridgehead atoms. The molecule has 4 aromatic carbocycles. The van der Waals surface area contributed by atoms with Crippen LogP contribution in [-0.2, 0) is 11.2 Å². The largest absolute Gasteiger partial charge is 0.385 e. The molecule has 52 heavy (non-hydrogen) atoms. The number of nitrogens with one attached hydrogen (secondary N) is 2. The van der Waals surface area contributed by atoms with Crippen LogP contribution >= 0.6 is 0 Å². The van der Waals surface area contributed by atoms with Crippen molar-refractivity contribution in [3.05, 3.63) is 130 Å². The maximum absolute atomic E-state index is 13.3. The Morgan fingerprint density at radius 3 is 1.56 bits per heavy atom. The fraction of sp³-hybridized carbons (Fsp3) is 0.372. The maximum Gasteiger partial charge on any atom is 0.342 e. The molecule has 4 aromatic rings. The number of hydrogen-bond donors (Lipinski definition) is 4. The number of amides is 4. The number of aliphatic hydroxyl groups is 2. The van der Waals surface area contributed by atoms with Crippen molar-refractivity contribution in [2.45, 2.75) is 50.7 Å². The summed E-state index contributed by atoms with van der Waals surface area (Å²) in [6, 6.07) is 33.7. The van der Waals surface area contributed by atoms with Gasteiger partial charge in [0, 0.05) is 37.9 Å². The van der Waals surface area contributed by atoms with Crippen LogP contribution < -0.4 is 10.6 Å². The standard InChI is InChI=1S/C43H45N5O4/c1-28-9-3-5-15-38(28)42(51)19-31-24-47(25-32(31)20-42)40(49)45-36-13-7-11-30(17-36)23-44-35-12-8-14-37(18-35)46-41(50)48-26-33-21-43(52,22-34(33)27-48)39-16-6-4-10-29(39)2/h3-18,31-34,51-52H,19-22,24-27H2,1-2H3,(H-,45,46,49,50)/p+1. The van der Waals surface area contributed by atoms with Crippen LogP contribution in [0.4, 0.5) is 26.7 Å². The lowest BCUT2D eigenvalue weighted by molar-refractivity contribution is 0.0319. The van der Waals surface area contributed by atoms with Gasteiger partial charge in [0.05, 0.1) is 23.0 Å². The second-order valence-electron chi connectivity index (χ2n) is 15.6. The van der Waals surface area contributed by atoms with Crippen LogP contribution in [0.1, 0.15) is 53.5 Å². The summed E-state index contributed by atoms with van der Waals surface area (Å²) in [6.45, 7) is 6.59. The molecule has 2 saturated heterocycles. The molecule has 4 unspecified atom stereocenters. The minimum atomic E-state index is -0.831. The number of urea groups is 2. The van der Waals surface area contributed by atoms with Crippen LogP contribution in [0.5, 0.6) is 0 Å². The fourth-order valence-corrected chi connectivity index (χ4v) is 9.52. The molecular weight excluding hydrogens is 651 g/mol. The topological polar surface area (TPSA) is 110 Å². The summed E-state index contributed by atoms with van der Waals surface area (Å²) < 4.78 is 0. The molecule has 4 fully saturated rings. The summed E-state index contributed by atoms with van der Waals surface area (Å²) >= 11 is 0. The van der Waals surface area contributed by atoms with Crippen LogP contribution in [0.3, 0.4) is 0 Å². The Labute approximate surface area is 305 Å². The Morgan fingerprint density at radius 1 is 0.635 bits per heavy atom. The zero-order chi connectivity index (χ0) is 36.0. The van der Waals surface area contributed by atoms with Crippen LogP contribution in [0.2, 0.25) is 0 Å². The zero-order valence-electron chi connectivity index (χ0n) is 29.8. The van der Waals surface area contributed by atoms with Gasteiger partial charge in [-0.05, 0) is 115 Å². The van der Waals surface area contributed by atoms with Crippen LogP contribution in [0, 0.1) is 43.6 Å². The highest BCUT2D eigenvalue weighted by Gasteiger charge is 2.51. The molecular formula is C43H46N5O4+. The van der Waals surface area contributed by atoms with E-state index in [2.05, 4.69) is 21.5 Å². The molecule has 2 aliphatic heterocycles. The molecule has 0 spiro atoms. The van der Waals surface area contributed by atoms with Crippen molar-refractivity contribution < 1.29 is 19.8 Å². The molecule has 2 aliphatic carbocycles. The van der Waals surface area contributed by atoms with Gasteiger partial charge in [0.15, 0.2) is 0 Å². The molecule has 2 saturated carbocycles. The Balaban J connectivity index is 0.844. The first-order valence-corrected chi connectivity index (χ1v) is 18.4. The van der Waals surface area contributed by atoms with E-state index < -0.39 is 11.2 Å². The third-order valence-corrected chi connectivity index (χ3v) is 11.9. The average molecular weight is 697 g/mol. The smallest absolute Gasteiger partial charge is 0.342 e. The van der Waals surface area contributed by atoms with Gasteiger partial charge in [0.1, 0.15) is 5.56 Å². The highest BCUT2D eigenvalue weighted by molar-refractivity contribution is 5.90. The van der Waals surface area contributed by atoms with E-state index in [1.54, 1.807) is 0 Å². The second-order valence-corrected chi connectivity index (χ2v) is 15.6. The van der Waals surface area contributed by atoms with E-state index in [0.29, 0.717) is 74.5 Å². The Kier molecular flexibility index (Phi) is 8.76. The summed E-state index contributed by atoms with van der Waals surface area (Å²) in [5.74, 6) is 1.07. The first-order chi connectivity index (χ1) is 25.0. The number of hydrogen-bond acceptors (Lipinski definition) is 4. The number of benzene rings is 4. The number of fused-ring (bicyclic) bond motifs is 2. The molecule has 2 heterocycles. The molecule has 9 heteroatoms. The Morgan fingerprint density at radius 2 is 1.08 bits per heavy atom. The van der Waals surface area contributed by atoms with Gasteiger partial charge in [0.25, 0.3) is 0 Å². The number of carbonyl (C=O) groups is 2. The summed E-state index contributed by atoms with van der Waals surface area (Å²) in [6.07, 6.45) is 2.65. The van der Waals surface area contributed by atoms with E-state index in [9.17, 15) is 19.8 Å². The Hall–Kier alpha value is -5.17. The quantitative estimate of drug-likeness (QED) is 0.174. The molecule has 8 rings (SSSR count). The van der Waals surface area contributed by atoms with E-state index in [4.69, 9.17) is 0 Å². The van der Waals surface area contributed by atoms with E-state index in [-0.39, 0.29) is 35.7 Å². The van der Waals surface area contributed by atoms with Crippen molar-refractivity contribution in [1.29, 1.82) is 0 Å². The lowest BCUT2D eigenvalue weighted by Gasteiger charge is -2.28. The van der Waals surface area contributed by atoms with Crippen molar-refractivity contribution in [3.8, 4) is 6.07 Å². The van der Waals surface area contributed by atoms with E-state index in [1.807, 2.05) is 121 Å². The minimum Gasteiger partial charge on any atom is -0.385 e. The van der Waals surface area contributed by atoms with Crippen LogP contribution in [0.15, 0.2) is 97.1 Å².